The minimum atomic E-state index is -0.407. The van der Waals surface area contributed by atoms with E-state index in [2.05, 4.69) is 0 Å². The Kier molecular flexibility index (Phi) is 5.93. The van der Waals surface area contributed by atoms with E-state index in [9.17, 15) is 4.79 Å². The van der Waals surface area contributed by atoms with Crippen molar-refractivity contribution in [3.63, 3.8) is 0 Å². The lowest BCUT2D eigenvalue weighted by Gasteiger charge is -1.87. The first kappa shape index (κ1) is 10.8. The maximum atomic E-state index is 10.4. The lowest BCUT2D eigenvalue weighted by atomic mass is 10.2. The molecule has 0 unspecified atom stereocenters. The Labute approximate surface area is 76.2 Å². The summed E-state index contributed by atoms with van der Waals surface area (Å²) in [6.07, 6.45) is 0.750. The largest absolute Gasteiger partial charge is 0.304 e. The summed E-state index contributed by atoms with van der Waals surface area (Å²) in [5.41, 5.74) is 0.541. The van der Waals surface area contributed by atoms with Gasteiger partial charge in [-0.3, -0.25) is 4.79 Å². The van der Waals surface area contributed by atoms with Gasteiger partial charge in [0.15, 0.2) is 0 Å². The van der Waals surface area contributed by atoms with Gasteiger partial charge in [-0.05, 0) is 18.5 Å². The van der Waals surface area contributed by atoms with Crippen LogP contribution in [0.2, 0.25) is 0 Å². The van der Waals surface area contributed by atoms with Crippen molar-refractivity contribution in [1.82, 2.24) is 0 Å². The second kappa shape index (κ2) is 6.55. The van der Waals surface area contributed by atoms with Crippen LogP contribution in [0, 0.1) is 0 Å². The molecule has 12 heavy (non-hydrogen) atoms. The van der Waals surface area contributed by atoms with Crippen molar-refractivity contribution in [2.24, 2.45) is 0 Å². The third-order valence-electron chi connectivity index (χ3n) is 1.00. The zero-order valence-corrected chi connectivity index (χ0v) is 7.41. The van der Waals surface area contributed by atoms with Crippen LogP contribution < -0.4 is 0 Å². The number of hydrogen-bond donors (Lipinski definition) is 0. The standard InChI is InChI=1S/C7H5ClO.C2H4O/c8-7(9)6-4-2-1-3-5-6;1-2-3/h1-5H;2H,1H3. The molecule has 0 radical (unpaired) electrons. The molecule has 0 N–H and O–H groups in total. The highest BCUT2D eigenvalue weighted by molar-refractivity contribution is 6.67. The van der Waals surface area contributed by atoms with E-state index >= 15 is 0 Å². The van der Waals surface area contributed by atoms with Gasteiger partial charge < -0.3 is 4.79 Å². The van der Waals surface area contributed by atoms with Gasteiger partial charge in [-0.25, -0.2) is 0 Å². The Morgan fingerprint density at radius 1 is 1.33 bits per heavy atom. The van der Waals surface area contributed by atoms with E-state index in [1.807, 2.05) is 6.07 Å². The van der Waals surface area contributed by atoms with E-state index in [4.69, 9.17) is 16.4 Å². The van der Waals surface area contributed by atoms with Crippen molar-refractivity contribution in [2.75, 3.05) is 0 Å². The number of carbonyl (C=O) groups excluding carboxylic acids is 2. The number of rotatable bonds is 1. The van der Waals surface area contributed by atoms with Crippen LogP contribution in [0.4, 0.5) is 0 Å². The summed E-state index contributed by atoms with van der Waals surface area (Å²) in [5, 5.41) is -0.407. The molecule has 0 spiro atoms. The molecule has 3 heteroatoms. The molecule has 0 aliphatic heterocycles. The van der Waals surface area contributed by atoms with Crippen LogP contribution in [0.5, 0.6) is 0 Å². The average Bonchev–Trinajstić information content (AvgIpc) is 2.07. The molecule has 0 bridgehead atoms. The summed E-state index contributed by atoms with van der Waals surface area (Å²) < 4.78 is 0. The van der Waals surface area contributed by atoms with E-state index < -0.39 is 5.24 Å². The van der Waals surface area contributed by atoms with Crippen LogP contribution in [-0.4, -0.2) is 11.5 Å². The van der Waals surface area contributed by atoms with Gasteiger partial charge in [0.25, 0.3) is 5.24 Å². The van der Waals surface area contributed by atoms with E-state index in [1.165, 1.54) is 6.92 Å². The number of carbonyl (C=O) groups is 2. The SMILES string of the molecule is CC=O.O=C(Cl)c1ccccc1. The van der Waals surface area contributed by atoms with Crippen molar-refractivity contribution >= 4 is 23.1 Å². The van der Waals surface area contributed by atoms with Crippen molar-refractivity contribution < 1.29 is 9.59 Å². The summed E-state index contributed by atoms with van der Waals surface area (Å²) in [5.74, 6) is 0. The molecule has 0 aliphatic rings. The van der Waals surface area contributed by atoms with Crippen LogP contribution in [0.15, 0.2) is 30.3 Å². The highest BCUT2D eigenvalue weighted by Crippen LogP contribution is 2.01. The molecule has 1 aromatic rings. The van der Waals surface area contributed by atoms with Gasteiger partial charge in [-0.15, -0.1) is 0 Å². The molecule has 0 aliphatic carbocycles. The lowest BCUT2D eigenvalue weighted by Crippen LogP contribution is -1.84. The third-order valence-corrected chi connectivity index (χ3v) is 1.22. The van der Waals surface area contributed by atoms with Crippen molar-refractivity contribution in [1.29, 1.82) is 0 Å². The second-order valence-electron chi connectivity index (χ2n) is 1.88. The number of aldehydes is 1. The third kappa shape index (κ3) is 4.63. The lowest BCUT2D eigenvalue weighted by molar-refractivity contribution is -0.106. The minimum absolute atomic E-state index is 0.407. The first-order chi connectivity index (χ1) is 5.72. The minimum Gasteiger partial charge on any atom is -0.304 e. The second-order valence-corrected chi connectivity index (χ2v) is 2.22. The fourth-order valence-corrected chi connectivity index (χ4v) is 0.695. The van der Waals surface area contributed by atoms with Crippen LogP contribution in [-0.2, 0) is 4.79 Å². The Bertz CT molecular complexity index is 244. The Hall–Kier alpha value is -1.15. The molecule has 64 valence electrons. The van der Waals surface area contributed by atoms with Crippen molar-refractivity contribution in [2.45, 2.75) is 6.92 Å². The summed E-state index contributed by atoms with van der Waals surface area (Å²) in [6.45, 7) is 1.44. The van der Waals surface area contributed by atoms with Gasteiger partial charge in [0.05, 0.1) is 0 Å². The summed E-state index contributed by atoms with van der Waals surface area (Å²) in [6, 6.07) is 8.74. The molecule has 1 rings (SSSR count). The molecule has 0 amide bonds. The summed E-state index contributed by atoms with van der Waals surface area (Å²) in [7, 11) is 0. The van der Waals surface area contributed by atoms with Gasteiger partial charge in [-0.2, -0.15) is 0 Å². The van der Waals surface area contributed by atoms with Crippen LogP contribution in [0.25, 0.3) is 0 Å². The average molecular weight is 185 g/mol. The molecular formula is C9H9ClO2. The maximum Gasteiger partial charge on any atom is 0.252 e. The molecule has 1 aromatic carbocycles. The first-order valence-electron chi connectivity index (χ1n) is 3.37. The highest BCUT2D eigenvalue weighted by Gasteiger charge is 1.95. The van der Waals surface area contributed by atoms with Crippen LogP contribution in [0.3, 0.4) is 0 Å². The van der Waals surface area contributed by atoms with Gasteiger partial charge in [0, 0.05) is 5.56 Å². The molecule has 0 saturated carbocycles. The molecule has 0 saturated heterocycles. The summed E-state index contributed by atoms with van der Waals surface area (Å²) >= 11 is 5.16. The molecule has 0 heterocycles. The topological polar surface area (TPSA) is 34.1 Å². The fourth-order valence-electron chi connectivity index (χ4n) is 0.569. The van der Waals surface area contributed by atoms with Gasteiger partial charge in [-0.1, -0.05) is 30.3 Å². The van der Waals surface area contributed by atoms with Crippen molar-refractivity contribution in [3.8, 4) is 0 Å². The summed E-state index contributed by atoms with van der Waals surface area (Å²) in [4.78, 5) is 19.2. The molecule has 0 fully saturated rings. The van der Waals surface area contributed by atoms with Gasteiger partial charge >= 0.3 is 0 Å². The van der Waals surface area contributed by atoms with Crippen LogP contribution >= 0.6 is 11.6 Å². The Morgan fingerprint density at radius 3 is 2.00 bits per heavy atom. The highest BCUT2D eigenvalue weighted by atomic mass is 35.5. The first-order valence-corrected chi connectivity index (χ1v) is 3.74. The molecule has 0 aromatic heterocycles. The van der Waals surface area contributed by atoms with Gasteiger partial charge in [0.1, 0.15) is 6.29 Å². The number of halogens is 1. The van der Waals surface area contributed by atoms with E-state index in [-0.39, 0.29) is 0 Å². The van der Waals surface area contributed by atoms with E-state index in [0.29, 0.717) is 5.56 Å². The number of benzene rings is 1. The Balaban J connectivity index is 0.000000354. The number of hydrogen-bond acceptors (Lipinski definition) is 2. The quantitative estimate of drug-likeness (QED) is 0.496. The van der Waals surface area contributed by atoms with Gasteiger partial charge in [0.2, 0.25) is 0 Å². The predicted octanol–water partition coefficient (Wildman–Crippen LogP) is 2.27. The normalized spacial score (nSPS) is 7.83. The van der Waals surface area contributed by atoms with E-state index in [1.54, 1.807) is 24.3 Å². The Morgan fingerprint density at radius 2 is 1.75 bits per heavy atom. The molecule has 2 nitrogen and oxygen atoms in total. The zero-order valence-electron chi connectivity index (χ0n) is 6.66. The monoisotopic (exact) mass is 184 g/mol. The molecule has 0 atom stereocenters. The fraction of sp³-hybridized carbons (Fsp3) is 0.111. The maximum absolute atomic E-state index is 10.4. The van der Waals surface area contributed by atoms with E-state index in [0.717, 1.165) is 6.29 Å². The zero-order chi connectivity index (χ0) is 9.40. The van der Waals surface area contributed by atoms with Crippen molar-refractivity contribution in [3.05, 3.63) is 35.9 Å². The smallest absolute Gasteiger partial charge is 0.252 e. The predicted molar refractivity (Wildman–Crippen MR) is 48.4 cm³/mol. The molecular weight excluding hydrogens is 176 g/mol. The van der Waals surface area contributed by atoms with Crippen LogP contribution in [0.1, 0.15) is 17.3 Å².